The van der Waals surface area contributed by atoms with Crippen LogP contribution in [0.3, 0.4) is 0 Å². The van der Waals surface area contributed by atoms with Gasteiger partial charge in [0.15, 0.2) is 0 Å². The molecule has 1 aliphatic heterocycles. The predicted octanol–water partition coefficient (Wildman–Crippen LogP) is 2.77. The number of aryl methyl sites for hydroxylation is 2. The van der Waals surface area contributed by atoms with E-state index in [1.165, 1.54) is 0 Å². The van der Waals surface area contributed by atoms with E-state index in [0.29, 0.717) is 31.2 Å². The van der Waals surface area contributed by atoms with Crippen LogP contribution in [-0.2, 0) is 13.0 Å². The second-order valence-electron chi connectivity index (χ2n) is 7.35. The van der Waals surface area contributed by atoms with Crippen LogP contribution in [0.25, 0.3) is 0 Å². The highest BCUT2D eigenvalue weighted by Crippen LogP contribution is 2.17. The lowest BCUT2D eigenvalue weighted by Gasteiger charge is -2.35. The van der Waals surface area contributed by atoms with Crippen LogP contribution >= 0.6 is 0 Å². The Bertz CT molecular complexity index is 759. The standard InChI is InChI=1S/C20H29N5O/c1-5-25-18(14-17(22-25)13-15(2)3)20(26)24-11-9-23(10-12-24)19-8-6-7-16(4)21-19/h6-8,14-15H,5,9-13H2,1-4H3. The molecule has 0 aliphatic carbocycles. The first-order valence-electron chi connectivity index (χ1n) is 9.52. The molecule has 6 nitrogen and oxygen atoms in total. The molecule has 0 bridgehead atoms. The fraction of sp³-hybridized carbons (Fsp3) is 0.550. The van der Waals surface area contributed by atoms with Crippen LogP contribution in [0.1, 0.15) is 42.6 Å². The molecule has 3 heterocycles. The zero-order chi connectivity index (χ0) is 18.7. The first-order chi connectivity index (χ1) is 12.5. The first-order valence-corrected chi connectivity index (χ1v) is 9.52. The maximum atomic E-state index is 13.0. The minimum absolute atomic E-state index is 0.0891. The molecule has 2 aromatic heterocycles. The molecule has 1 fully saturated rings. The molecule has 6 heteroatoms. The molecule has 0 atom stereocenters. The SMILES string of the molecule is CCn1nc(CC(C)C)cc1C(=O)N1CCN(c2cccc(C)n2)CC1. The van der Waals surface area contributed by atoms with Crippen molar-refractivity contribution in [2.45, 2.75) is 40.7 Å². The van der Waals surface area contributed by atoms with E-state index < -0.39 is 0 Å². The number of pyridine rings is 1. The average molecular weight is 355 g/mol. The lowest BCUT2D eigenvalue weighted by molar-refractivity contribution is 0.0734. The number of nitrogens with zero attached hydrogens (tertiary/aromatic N) is 5. The third kappa shape index (κ3) is 4.06. The maximum Gasteiger partial charge on any atom is 0.272 e. The average Bonchev–Trinajstić information content (AvgIpc) is 3.03. The van der Waals surface area contributed by atoms with E-state index in [-0.39, 0.29) is 5.91 Å². The summed E-state index contributed by atoms with van der Waals surface area (Å²) < 4.78 is 1.84. The van der Waals surface area contributed by atoms with E-state index in [1.54, 1.807) is 0 Å². The fourth-order valence-electron chi connectivity index (χ4n) is 3.41. The second kappa shape index (κ2) is 7.89. The van der Waals surface area contributed by atoms with Crippen LogP contribution in [0.2, 0.25) is 0 Å². The monoisotopic (exact) mass is 355 g/mol. The summed E-state index contributed by atoms with van der Waals surface area (Å²) >= 11 is 0. The summed E-state index contributed by atoms with van der Waals surface area (Å²) in [5, 5.41) is 4.61. The zero-order valence-electron chi connectivity index (χ0n) is 16.3. The summed E-state index contributed by atoms with van der Waals surface area (Å²) in [4.78, 5) is 21.8. The quantitative estimate of drug-likeness (QED) is 0.828. The molecule has 0 unspecified atom stereocenters. The van der Waals surface area contributed by atoms with Crippen LogP contribution in [-0.4, -0.2) is 51.8 Å². The zero-order valence-corrected chi connectivity index (χ0v) is 16.3. The summed E-state index contributed by atoms with van der Waals surface area (Å²) in [6.45, 7) is 12.1. The lowest BCUT2D eigenvalue weighted by atomic mass is 10.1. The van der Waals surface area contributed by atoms with Gasteiger partial charge in [-0.25, -0.2) is 4.98 Å². The molecule has 0 radical (unpaired) electrons. The van der Waals surface area contributed by atoms with Crippen molar-refractivity contribution in [3.63, 3.8) is 0 Å². The number of carbonyl (C=O) groups is 1. The van der Waals surface area contributed by atoms with Crippen molar-refractivity contribution in [1.82, 2.24) is 19.7 Å². The Morgan fingerprint density at radius 3 is 2.54 bits per heavy atom. The number of piperazine rings is 1. The third-order valence-corrected chi connectivity index (χ3v) is 4.73. The number of hydrogen-bond acceptors (Lipinski definition) is 4. The van der Waals surface area contributed by atoms with E-state index >= 15 is 0 Å². The van der Waals surface area contributed by atoms with Crippen LogP contribution in [0.15, 0.2) is 24.3 Å². The molecule has 1 amide bonds. The summed E-state index contributed by atoms with van der Waals surface area (Å²) in [6, 6.07) is 8.05. The van der Waals surface area contributed by atoms with Gasteiger partial charge in [-0.3, -0.25) is 9.48 Å². The molecule has 0 aromatic carbocycles. The highest BCUT2D eigenvalue weighted by atomic mass is 16.2. The van der Waals surface area contributed by atoms with Gasteiger partial charge in [0, 0.05) is 38.4 Å². The third-order valence-electron chi connectivity index (χ3n) is 4.73. The van der Waals surface area contributed by atoms with Gasteiger partial charge >= 0.3 is 0 Å². The normalized spacial score (nSPS) is 15.0. The van der Waals surface area contributed by atoms with Crippen LogP contribution in [0.5, 0.6) is 0 Å². The van der Waals surface area contributed by atoms with Crippen LogP contribution in [0, 0.1) is 12.8 Å². The Labute approximate surface area is 155 Å². The van der Waals surface area contributed by atoms with Gasteiger partial charge in [0.25, 0.3) is 5.91 Å². The number of anilines is 1. The molecular formula is C20H29N5O. The van der Waals surface area contributed by atoms with E-state index in [9.17, 15) is 4.79 Å². The molecule has 140 valence electrons. The molecule has 0 N–H and O–H groups in total. The Morgan fingerprint density at radius 2 is 1.92 bits per heavy atom. The van der Waals surface area contributed by atoms with Crippen molar-refractivity contribution < 1.29 is 4.79 Å². The van der Waals surface area contributed by atoms with Gasteiger partial charge in [0.2, 0.25) is 0 Å². The smallest absolute Gasteiger partial charge is 0.272 e. The Hall–Kier alpha value is -2.37. The van der Waals surface area contributed by atoms with Crippen molar-refractivity contribution in [1.29, 1.82) is 0 Å². The number of amides is 1. The summed E-state index contributed by atoms with van der Waals surface area (Å²) in [7, 11) is 0. The van der Waals surface area contributed by atoms with Crippen LogP contribution < -0.4 is 4.90 Å². The first kappa shape index (κ1) is 18.4. The minimum atomic E-state index is 0.0891. The number of aromatic nitrogens is 3. The molecule has 26 heavy (non-hydrogen) atoms. The number of carbonyl (C=O) groups excluding carboxylic acids is 1. The van der Waals surface area contributed by atoms with Gasteiger partial charge in [-0.15, -0.1) is 0 Å². The predicted molar refractivity (Wildman–Crippen MR) is 104 cm³/mol. The molecule has 2 aromatic rings. The maximum absolute atomic E-state index is 13.0. The number of rotatable bonds is 5. The number of hydrogen-bond donors (Lipinski definition) is 0. The van der Waals surface area contributed by atoms with E-state index in [4.69, 9.17) is 0 Å². The van der Waals surface area contributed by atoms with Crippen LogP contribution in [0.4, 0.5) is 5.82 Å². The minimum Gasteiger partial charge on any atom is -0.353 e. The van der Waals surface area contributed by atoms with Crippen molar-refractivity contribution in [2.24, 2.45) is 5.92 Å². The lowest BCUT2D eigenvalue weighted by Crippen LogP contribution is -2.49. The topological polar surface area (TPSA) is 54.3 Å². The van der Waals surface area contributed by atoms with Crippen molar-refractivity contribution >= 4 is 11.7 Å². The van der Waals surface area contributed by atoms with E-state index in [1.807, 2.05) is 47.7 Å². The highest BCUT2D eigenvalue weighted by molar-refractivity contribution is 5.93. The van der Waals surface area contributed by atoms with Crippen molar-refractivity contribution in [2.75, 3.05) is 31.1 Å². The Kier molecular flexibility index (Phi) is 5.59. The van der Waals surface area contributed by atoms with Gasteiger partial charge in [0.1, 0.15) is 11.5 Å². The molecule has 3 rings (SSSR count). The summed E-state index contributed by atoms with van der Waals surface area (Å²) in [5.41, 5.74) is 2.74. The van der Waals surface area contributed by atoms with Gasteiger partial charge in [0.05, 0.1) is 5.69 Å². The van der Waals surface area contributed by atoms with Gasteiger partial charge < -0.3 is 9.80 Å². The fourth-order valence-corrected chi connectivity index (χ4v) is 3.41. The Balaban J connectivity index is 1.67. The van der Waals surface area contributed by atoms with E-state index in [2.05, 4.69) is 28.8 Å². The molecular weight excluding hydrogens is 326 g/mol. The molecule has 0 saturated carbocycles. The van der Waals surface area contributed by atoms with E-state index in [0.717, 1.165) is 36.7 Å². The summed E-state index contributed by atoms with van der Waals surface area (Å²) in [6.07, 6.45) is 0.903. The van der Waals surface area contributed by atoms with Gasteiger partial charge in [-0.1, -0.05) is 19.9 Å². The van der Waals surface area contributed by atoms with Gasteiger partial charge in [-0.2, -0.15) is 5.10 Å². The molecule has 1 aliphatic rings. The van der Waals surface area contributed by atoms with Gasteiger partial charge in [-0.05, 0) is 44.4 Å². The highest BCUT2D eigenvalue weighted by Gasteiger charge is 2.25. The van der Waals surface area contributed by atoms with Crippen molar-refractivity contribution in [3.05, 3.63) is 41.3 Å². The van der Waals surface area contributed by atoms with Crippen molar-refractivity contribution in [3.8, 4) is 0 Å². The largest absolute Gasteiger partial charge is 0.353 e. The Morgan fingerprint density at radius 1 is 1.19 bits per heavy atom. The second-order valence-corrected chi connectivity index (χ2v) is 7.35. The molecule has 0 spiro atoms. The summed E-state index contributed by atoms with van der Waals surface area (Å²) in [5.74, 6) is 1.62. The molecule has 1 saturated heterocycles.